The fourth-order valence-electron chi connectivity index (χ4n) is 1.94. The van der Waals surface area contributed by atoms with Gasteiger partial charge in [0.25, 0.3) is 0 Å². The van der Waals surface area contributed by atoms with E-state index in [1.54, 1.807) is 0 Å². The number of hydrogen-bond donors (Lipinski definition) is 1. The van der Waals surface area contributed by atoms with E-state index in [2.05, 4.69) is 4.98 Å². The summed E-state index contributed by atoms with van der Waals surface area (Å²) in [5, 5.41) is 0. The number of pyridine rings is 1. The van der Waals surface area contributed by atoms with Gasteiger partial charge in [0.15, 0.2) is 11.5 Å². The standard InChI is InChI=1S/C11H12F4N2O/c12-8-5-7(6-17-9(8)11(13,14)15)10(16)1-3-18-4-2-10/h5-6H,1-4,16H2. The number of nitrogens with zero attached hydrogens (tertiary/aromatic N) is 1. The number of aromatic nitrogens is 1. The van der Waals surface area contributed by atoms with Crippen LogP contribution in [0.4, 0.5) is 17.6 Å². The number of alkyl halides is 3. The second-order valence-electron chi connectivity index (χ2n) is 4.32. The second-order valence-corrected chi connectivity index (χ2v) is 4.32. The Kier molecular flexibility index (Phi) is 3.29. The Labute approximate surface area is 101 Å². The van der Waals surface area contributed by atoms with Crippen LogP contribution in [0.25, 0.3) is 0 Å². The van der Waals surface area contributed by atoms with Gasteiger partial charge in [-0.1, -0.05) is 0 Å². The monoisotopic (exact) mass is 264 g/mol. The molecule has 0 amide bonds. The lowest BCUT2D eigenvalue weighted by atomic mass is 9.84. The molecule has 1 aromatic heterocycles. The van der Waals surface area contributed by atoms with Gasteiger partial charge in [0, 0.05) is 24.9 Å². The summed E-state index contributed by atoms with van der Waals surface area (Å²) in [5.41, 5.74) is 3.94. The summed E-state index contributed by atoms with van der Waals surface area (Å²) in [6, 6.07) is 0.821. The minimum Gasteiger partial charge on any atom is -0.381 e. The van der Waals surface area contributed by atoms with E-state index in [-0.39, 0.29) is 5.56 Å². The Hall–Kier alpha value is -1.21. The fraction of sp³-hybridized carbons (Fsp3) is 0.545. The third kappa shape index (κ3) is 2.46. The fourth-order valence-corrected chi connectivity index (χ4v) is 1.94. The quantitative estimate of drug-likeness (QED) is 0.791. The zero-order valence-electron chi connectivity index (χ0n) is 9.43. The molecule has 1 aliphatic heterocycles. The van der Waals surface area contributed by atoms with E-state index in [1.165, 1.54) is 0 Å². The van der Waals surface area contributed by atoms with Crippen LogP contribution in [0.3, 0.4) is 0 Å². The number of nitrogens with two attached hydrogens (primary N) is 1. The molecule has 1 aliphatic rings. The predicted octanol–water partition coefficient (Wildman–Crippen LogP) is 2.20. The van der Waals surface area contributed by atoms with Crippen LogP contribution < -0.4 is 5.73 Å². The maximum absolute atomic E-state index is 13.4. The Morgan fingerprint density at radius 3 is 2.39 bits per heavy atom. The van der Waals surface area contributed by atoms with Crippen molar-refractivity contribution in [2.75, 3.05) is 13.2 Å². The molecule has 0 spiro atoms. The van der Waals surface area contributed by atoms with Crippen molar-refractivity contribution in [2.24, 2.45) is 5.73 Å². The zero-order valence-corrected chi connectivity index (χ0v) is 9.43. The Morgan fingerprint density at radius 2 is 1.89 bits per heavy atom. The van der Waals surface area contributed by atoms with Gasteiger partial charge in [-0.3, -0.25) is 0 Å². The van der Waals surface area contributed by atoms with Crippen molar-refractivity contribution in [2.45, 2.75) is 24.6 Å². The SMILES string of the molecule is NC1(c2cnc(C(F)(F)F)c(F)c2)CCOCC1. The smallest absolute Gasteiger partial charge is 0.381 e. The molecule has 0 atom stereocenters. The minimum atomic E-state index is -4.79. The summed E-state index contributed by atoms with van der Waals surface area (Å²) in [7, 11) is 0. The third-order valence-corrected chi connectivity index (χ3v) is 3.07. The lowest BCUT2D eigenvalue weighted by Crippen LogP contribution is -2.42. The van der Waals surface area contributed by atoms with E-state index < -0.39 is 23.2 Å². The Balaban J connectivity index is 2.34. The first-order valence-corrected chi connectivity index (χ1v) is 5.43. The molecule has 2 rings (SSSR count). The topological polar surface area (TPSA) is 48.1 Å². The summed E-state index contributed by atoms with van der Waals surface area (Å²) in [4.78, 5) is 3.15. The molecule has 3 nitrogen and oxygen atoms in total. The van der Waals surface area contributed by atoms with Crippen LogP contribution in [0.2, 0.25) is 0 Å². The lowest BCUT2D eigenvalue weighted by molar-refractivity contribution is -0.143. The molecule has 7 heteroatoms. The lowest BCUT2D eigenvalue weighted by Gasteiger charge is -2.33. The second kappa shape index (κ2) is 4.47. The molecule has 0 aromatic carbocycles. The molecule has 0 radical (unpaired) electrons. The molecule has 2 N–H and O–H groups in total. The van der Waals surface area contributed by atoms with E-state index in [0.717, 1.165) is 12.3 Å². The predicted molar refractivity (Wildman–Crippen MR) is 55.1 cm³/mol. The number of halogens is 4. The van der Waals surface area contributed by atoms with E-state index in [0.29, 0.717) is 26.1 Å². The van der Waals surface area contributed by atoms with Crippen LogP contribution >= 0.6 is 0 Å². The average Bonchev–Trinajstić information content (AvgIpc) is 2.28. The maximum Gasteiger partial charge on any atom is 0.436 e. The number of hydrogen-bond acceptors (Lipinski definition) is 3. The summed E-state index contributed by atoms with van der Waals surface area (Å²) in [6.45, 7) is 0.804. The van der Waals surface area contributed by atoms with Crippen molar-refractivity contribution in [3.63, 3.8) is 0 Å². The van der Waals surface area contributed by atoms with Crippen LogP contribution in [-0.2, 0) is 16.5 Å². The number of ether oxygens (including phenoxy) is 1. The van der Waals surface area contributed by atoms with Crippen LogP contribution in [0.5, 0.6) is 0 Å². The normalized spacial score (nSPS) is 19.8. The van der Waals surface area contributed by atoms with Gasteiger partial charge in [0.1, 0.15) is 0 Å². The first-order chi connectivity index (χ1) is 8.33. The van der Waals surface area contributed by atoms with Gasteiger partial charge in [-0.05, 0) is 24.5 Å². The maximum atomic E-state index is 13.4. The van der Waals surface area contributed by atoms with E-state index >= 15 is 0 Å². The van der Waals surface area contributed by atoms with Crippen molar-refractivity contribution in [1.29, 1.82) is 0 Å². The van der Waals surface area contributed by atoms with Crippen LogP contribution in [0.15, 0.2) is 12.3 Å². The van der Waals surface area contributed by atoms with Crippen molar-refractivity contribution < 1.29 is 22.3 Å². The van der Waals surface area contributed by atoms with Crippen LogP contribution in [-0.4, -0.2) is 18.2 Å². The molecular weight excluding hydrogens is 252 g/mol. The van der Waals surface area contributed by atoms with E-state index in [1.807, 2.05) is 0 Å². The third-order valence-electron chi connectivity index (χ3n) is 3.07. The van der Waals surface area contributed by atoms with E-state index in [9.17, 15) is 17.6 Å². The van der Waals surface area contributed by atoms with Crippen molar-refractivity contribution in [3.8, 4) is 0 Å². The Morgan fingerprint density at radius 1 is 1.28 bits per heavy atom. The molecule has 0 saturated carbocycles. The molecule has 18 heavy (non-hydrogen) atoms. The molecule has 0 aliphatic carbocycles. The molecular formula is C11H12F4N2O. The van der Waals surface area contributed by atoms with Gasteiger partial charge >= 0.3 is 6.18 Å². The summed E-state index contributed by atoms with van der Waals surface area (Å²) in [5.74, 6) is -1.39. The van der Waals surface area contributed by atoms with Crippen molar-refractivity contribution >= 4 is 0 Å². The summed E-state index contributed by atoms with van der Waals surface area (Å²) >= 11 is 0. The molecule has 0 unspecified atom stereocenters. The highest BCUT2D eigenvalue weighted by molar-refractivity contribution is 5.25. The van der Waals surface area contributed by atoms with Gasteiger partial charge in [0.2, 0.25) is 0 Å². The van der Waals surface area contributed by atoms with Crippen molar-refractivity contribution in [1.82, 2.24) is 4.98 Å². The summed E-state index contributed by atoms with van der Waals surface area (Å²) in [6.07, 6.45) is -2.93. The number of rotatable bonds is 1. The van der Waals surface area contributed by atoms with Gasteiger partial charge in [0.05, 0.1) is 0 Å². The first kappa shape index (κ1) is 13.2. The van der Waals surface area contributed by atoms with Crippen LogP contribution in [0.1, 0.15) is 24.1 Å². The highest BCUT2D eigenvalue weighted by atomic mass is 19.4. The van der Waals surface area contributed by atoms with Crippen molar-refractivity contribution in [3.05, 3.63) is 29.3 Å². The minimum absolute atomic E-state index is 0.274. The molecule has 100 valence electrons. The van der Waals surface area contributed by atoms with Gasteiger partial charge in [-0.2, -0.15) is 13.2 Å². The molecule has 2 heterocycles. The van der Waals surface area contributed by atoms with Crippen LogP contribution in [0, 0.1) is 5.82 Å². The highest BCUT2D eigenvalue weighted by Gasteiger charge is 2.38. The molecule has 1 aromatic rings. The van der Waals surface area contributed by atoms with Gasteiger partial charge in [-0.25, -0.2) is 9.37 Å². The first-order valence-electron chi connectivity index (χ1n) is 5.43. The van der Waals surface area contributed by atoms with Gasteiger partial charge in [-0.15, -0.1) is 0 Å². The summed E-state index contributed by atoms with van der Waals surface area (Å²) < 4.78 is 55.6. The molecule has 0 bridgehead atoms. The largest absolute Gasteiger partial charge is 0.436 e. The average molecular weight is 264 g/mol. The molecule has 1 saturated heterocycles. The van der Waals surface area contributed by atoms with Gasteiger partial charge < -0.3 is 10.5 Å². The molecule has 1 fully saturated rings. The van der Waals surface area contributed by atoms with E-state index in [4.69, 9.17) is 10.5 Å². The highest BCUT2D eigenvalue weighted by Crippen LogP contribution is 2.33. The Bertz CT molecular complexity index is 441. The zero-order chi connectivity index (χ0) is 13.4.